The predicted molar refractivity (Wildman–Crippen MR) is 189 cm³/mol. The minimum Gasteiger partial charge on any atom is -0.491 e. The van der Waals surface area contributed by atoms with Gasteiger partial charge < -0.3 is 23.8 Å². The van der Waals surface area contributed by atoms with Gasteiger partial charge in [-0.3, -0.25) is 9.52 Å². The van der Waals surface area contributed by atoms with Crippen molar-refractivity contribution in [2.75, 3.05) is 57.8 Å². The number of nitrogens with one attached hydrogen (secondary N) is 1. The van der Waals surface area contributed by atoms with Crippen molar-refractivity contribution in [2.24, 2.45) is 23.7 Å². The molecule has 4 aliphatic rings. The Morgan fingerprint density at radius 2 is 1.79 bits per heavy atom. The summed E-state index contributed by atoms with van der Waals surface area (Å²) in [5.41, 5.74) is 4.00. The van der Waals surface area contributed by atoms with Crippen LogP contribution in [0.25, 0.3) is 0 Å². The molecule has 1 saturated carbocycles. The SMILES string of the molecule is CCCc1cc(Cl)ccc1C1COc2ccc3cc2N(C1)CC1CCC1[C@H](C1OCCCO1)CCCC(C)CS(=O)NC3=O.COC. The number of ether oxygens (including phenoxy) is 4. The normalized spacial score (nSPS) is 28.8. The number of fused-ring (bicyclic) bond motifs is 2. The first-order chi connectivity index (χ1) is 22.8. The number of nitrogens with zero attached hydrogens (tertiary/aromatic N) is 1. The third-order valence-electron chi connectivity index (χ3n) is 10.1. The van der Waals surface area contributed by atoms with Crippen molar-refractivity contribution in [3.05, 3.63) is 58.1 Å². The highest BCUT2D eigenvalue weighted by molar-refractivity contribution is 7.83. The number of carbonyl (C=O) groups is 1. The quantitative estimate of drug-likeness (QED) is 0.365. The van der Waals surface area contributed by atoms with E-state index in [4.69, 9.17) is 25.8 Å². The van der Waals surface area contributed by atoms with Crippen LogP contribution in [-0.2, 0) is 31.6 Å². The van der Waals surface area contributed by atoms with E-state index in [1.807, 2.05) is 18.2 Å². The summed E-state index contributed by atoms with van der Waals surface area (Å²) in [5.74, 6) is 2.68. The second-order valence-corrected chi connectivity index (χ2v) is 15.4. The highest BCUT2D eigenvalue weighted by Gasteiger charge is 2.43. The van der Waals surface area contributed by atoms with Gasteiger partial charge in [0.15, 0.2) is 6.29 Å². The molecule has 3 heterocycles. The highest BCUT2D eigenvalue weighted by Crippen LogP contribution is 2.47. The third-order valence-corrected chi connectivity index (χ3v) is 11.6. The van der Waals surface area contributed by atoms with Crippen molar-refractivity contribution in [1.82, 2.24) is 4.72 Å². The summed E-state index contributed by atoms with van der Waals surface area (Å²) in [5, 5.41) is 0.762. The first-order valence-electron chi connectivity index (χ1n) is 17.4. The van der Waals surface area contributed by atoms with Gasteiger partial charge in [-0.1, -0.05) is 44.4 Å². The van der Waals surface area contributed by atoms with E-state index in [1.165, 1.54) is 24.0 Å². The lowest BCUT2D eigenvalue weighted by Crippen LogP contribution is -2.47. The number of carbonyl (C=O) groups excluding carboxylic acids is 1. The third kappa shape index (κ3) is 9.30. The highest BCUT2D eigenvalue weighted by atomic mass is 35.5. The van der Waals surface area contributed by atoms with Crippen LogP contribution in [-0.4, -0.2) is 69.3 Å². The molecule has 8 nitrogen and oxygen atoms in total. The lowest BCUT2D eigenvalue weighted by molar-refractivity contribution is -0.224. The van der Waals surface area contributed by atoms with E-state index in [-0.39, 0.29) is 24.0 Å². The van der Waals surface area contributed by atoms with Crippen molar-refractivity contribution < 1.29 is 28.0 Å². The molecule has 2 bridgehead atoms. The molecular weight excluding hydrogens is 636 g/mol. The van der Waals surface area contributed by atoms with Crippen LogP contribution < -0.4 is 14.4 Å². The van der Waals surface area contributed by atoms with Crippen molar-refractivity contribution in [1.29, 1.82) is 0 Å². The van der Waals surface area contributed by atoms with Gasteiger partial charge in [0.1, 0.15) is 16.7 Å². The molecule has 47 heavy (non-hydrogen) atoms. The Morgan fingerprint density at radius 1 is 1.00 bits per heavy atom. The van der Waals surface area contributed by atoms with Crippen LogP contribution in [0.1, 0.15) is 86.2 Å². The molecule has 5 unspecified atom stereocenters. The van der Waals surface area contributed by atoms with Crippen LogP contribution in [0.4, 0.5) is 5.69 Å². The van der Waals surface area contributed by atoms with Gasteiger partial charge in [0.25, 0.3) is 5.91 Å². The van der Waals surface area contributed by atoms with E-state index >= 15 is 0 Å². The summed E-state index contributed by atoms with van der Waals surface area (Å²) in [6.07, 6.45) is 8.19. The molecule has 1 saturated heterocycles. The standard InChI is InChI=1S/C35H47ClN2O5S.C2H6O/c1-3-6-24-17-28(36)11-13-29(24)27-20-38-19-26-9-12-30(26)31(35-41-15-5-16-42-35)8-4-7-23(2)22-44(40)37-34(39)25-10-14-33(43-21-27)32(38)18-25;1-3-2/h10-11,13-14,17-18,23,26-27,30-31,35H,3-9,12,15-16,19-22H2,1-2H3,(H,37,39);1-2H3/t23?,26?,27?,30?,31-,44?;/m1./s1. The fraction of sp³-hybridized carbons (Fsp3) is 0.649. The minimum atomic E-state index is -1.44. The number of anilines is 1. The van der Waals surface area contributed by atoms with E-state index in [0.29, 0.717) is 35.7 Å². The number of amides is 1. The Kier molecular flexibility index (Phi) is 13.4. The predicted octanol–water partition coefficient (Wildman–Crippen LogP) is 7.16. The van der Waals surface area contributed by atoms with Crippen LogP contribution in [0.2, 0.25) is 5.02 Å². The van der Waals surface area contributed by atoms with Gasteiger partial charge in [0, 0.05) is 55.5 Å². The molecule has 1 amide bonds. The number of aryl methyl sites for hydroxylation is 1. The van der Waals surface area contributed by atoms with Crippen molar-refractivity contribution in [2.45, 2.75) is 77.4 Å². The van der Waals surface area contributed by atoms with Gasteiger partial charge in [-0.25, -0.2) is 4.21 Å². The molecule has 0 aromatic heterocycles. The Bertz CT molecular complexity index is 1350. The maximum absolute atomic E-state index is 13.3. The molecular formula is C37H53ClN2O6S. The molecule has 6 rings (SSSR count). The van der Waals surface area contributed by atoms with Crippen LogP contribution in [0, 0.1) is 23.7 Å². The second-order valence-electron chi connectivity index (χ2n) is 13.7. The van der Waals surface area contributed by atoms with Gasteiger partial charge in [-0.2, -0.15) is 0 Å². The van der Waals surface area contributed by atoms with E-state index in [1.54, 1.807) is 20.3 Å². The monoisotopic (exact) mass is 688 g/mol. The van der Waals surface area contributed by atoms with Crippen LogP contribution in [0.3, 0.4) is 0 Å². The number of methoxy groups -OCH3 is 1. The first kappa shape index (κ1) is 36.1. The number of hydrogen-bond acceptors (Lipinski definition) is 7. The molecule has 1 aliphatic carbocycles. The zero-order valence-electron chi connectivity index (χ0n) is 28.5. The number of halogens is 1. The van der Waals surface area contributed by atoms with Gasteiger partial charge in [-0.15, -0.1) is 0 Å². The smallest absolute Gasteiger partial charge is 0.263 e. The Hall–Kier alpha value is -2.17. The molecule has 0 radical (unpaired) electrons. The minimum absolute atomic E-state index is 0.149. The topological polar surface area (TPSA) is 86.3 Å². The average molecular weight is 689 g/mol. The number of rotatable bonds is 4. The first-order valence-corrected chi connectivity index (χ1v) is 19.1. The van der Waals surface area contributed by atoms with E-state index in [2.05, 4.69) is 40.3 Å². The summed E-state index contributed by atoms with van der Waals surface area (Å²) in [6.45, 7) is 8.06. The van der Waals surface area contributed by atoms with Crippen LogP contribution in [0.5, 0.6) is 5.75 Å². The number of hydrogen-bond donors (Lipinski definition) is 1. The van der Waals surface area contributed by atoms with Gasteiger partial charge >= 0.3 is 0 Å². The molecule has 3 aliphatic heterocycles. The van der Waals surface area contributed by atoms with Crippen LogP contribution >= 0.6 is 11.6 Å². The number of benzene rings is 2. The lowest BCUT2D eigenvalue weighted by atomic mass is 9.65. The summed E-state index contributed by atoms with van der Waals surface area (Å²) in [7, 11) is 1.81. The molecule has 0 spiro atoms. The molecule has 6 atom stereocenters. The summed E-state index contributed by atoms with van der Waals surface area (Å²) < 4.78 is 38.9. The van der Waals surface area contributed by atoms with E-state index in [0.717, 1.165) is 81.3 Å². The van der Waals surface area contributed by atoms with Crippen molar-refractivity contribution in [3.8, 4) is 5.75 Å². The Labute approximate surface area is 288 Å². The lowest BCUT2D eigenvalue weighted by Gasteiger charge is -2.47. The summed E-state index contributed by atoms with van der Waals surface area (Å²) in [6, 6.07) is 11.9. The van der Waals surface area contributed by atoms with Crippen LogP contribution in [0.15, 0.2) is 36.4 Å². The largest absolute Gasteiger partial charge is 0.491 e. The maximum Gasteiger partial charge on any atom is 0.263 e. The van der Waals surface area contributed by atoms with Gasteiger partial charge in [0.2, 0.25) is 0 Å². The average Bonchev–Trinajstić information content (AvgIpc) is 3.22. The summed E-state index contributed by atoms with van der Waals surface area (Å²) >= 11 is 6.44. The maximum atomic E-state index is 13.3. The molecule has 2 aromatic rings. The van der Waals surface area contributed by atoms with Crippen molar-refractivity contribution >= 4 is 34.2 Å². The Morgan fingerprint density at radius 3 is 2.51 bits per heavy atom. The fourth-order valence-electron chi connectivity index (χ4n) is 7.68. The van der Waals surface area contributed by atoms with Crippen molar-refractivity contribution in [3.63, 3.8) is 0 Å². The zero-order chi connectivity index (χ0) is 33.3. The molecule has 260 valence electrons. The van der Waals surface area contributed by atoms with Gasteiger partial charge in [-0.05, 0) is 97.7 Å². The van der Waals surface area contributed by atoms with E-state index < -0.39 is 11.0 Å². The zero-order valence-corrected chi connectivity index (χ0v) is 30.1. The molecule has 2 fully saturated rings. The molecule has 2 aromatic carbocycles. The second kappa shape index (κ2) is 17.5. The fourth-order valence-corrected chi connectivity index (χ4v) is 8.96. The molecule has 10 heteroatoms. The Balaban J connectivity index is 0.00000139. The van der Waals surface area contributed by atoms with E-state index in [9.17, 15) is 9.00 Å². The summed E-state index contributed by atoms with van der Waals surface area (Å²) in [4.78, 5) is 15.7. The van der Waals surface area contributed by atoms with Gasteiger partial charge in [0.05, 0.1) is 25.5 Å². The molecule has 1 N–H and O–H groups in total.